The van der Waals surface area contributed by atoms with Crippen LogP contribution < -0.4 is 5.32 Å². The van der Waals surface area contributed by atoms with Gasteiger partial charge >= 0.3 is 0 Å². The third kappa shape index (κ3) is 3.22. The minimum atomic E-state index is 0.835. The second-order valence-corrected chi connectivity index (χ2v) is 6.00. The van der Waals surface area contributed by atoms with E-state index >= 15 is 0 Å². The van der Waals surface area contributed by atoms with E-state index in [4.69, 9.17) is 4.74 Å². The predicted molar refractivity (Wildman–Crippen MR) is 78.8 cm³/mol. The monoisotopic (exact) mass is 277 g/mol. The number of ether oxygens (including phenoxy) is 1. The van der Waals surface area contributed by atoms with Crippen LogP contribution >= 0.6 is 11.3 Å². The molecule has 1 saturated carbocycles. The van der Waals surface area contributed by atoms with Gasteiger partial charge in [-0.2, -0.15) is 0 Å². The van der Waals surface area contributed by atoms with E-state index in [-0.39, 0.29) is 0 Å². The first kappa shape index (κ1) is 12.8. The molecule has 1 N–H and O–H groups in total. The van der Waals surface area contributed by atoms with Gasteiger partial charge in [0.2, 0.25) is 0 Å². The van der Waals surface area contributed by atoms with Crippen LogP contribution in [-0.4, -0.2) is 29.7 Å². The van der Waals surface area contributed by atoms with Gasteiger partial charge in [-0.05, 0) is 43.0 Å². The maximum absolute atomic E-state index is 5.62. The molecule has 0 saturated heterocycles. The number of rotatable bonds is 7. The highest BCUT2D eigenvalue weighted by atomic mass is 32.1. The molecule has 5 heteroatoms. The van der Waals surface area contributed by atoms with Gasteiger partial charge in [0.15, 0.2) is 0 Å². The third-order valence-electron chi connectivity index (χ3n) is 3.34. The first-order valence-corrected chi connectivity index (χ1v) is 7.73. The number of anilines is 1. The van der Waals surface area contributed by atoms with Crippen molar-refractivity contribution in [1.29, 1.82) is 0 Å². The fraction of sp³-hybridized carbons (Fsp3) is 0.571. The smallest absolute Gasteiger partial charge is 0.147 e. The first-order chi connectivity index (χ1) is 9.34. The molecule has 1 aliphatic carbocycles. The van der Waals surface area contributed by atoms with Crippen molar-refractivity contribution < 1.29 is 4.74 Å². The van der Waals surface area contributed by atoms with E-state index in [9.17, 15) is 0 Å². The number of hydrogen-bond acceptors (Lipinski definition) is 5. The largest absolute Gasteiger partial charge is 0.381 e. The Morgan fingerprint density at radius 1 is 1.42 bits per heavy atom. The highest BCUT2D eigenvalue weighted by Crippen LogP contribution is 2.29. The Balaban J connectivity index is 1.47. The molecular formula is C14H19N3OS. The van der Waals surface area contributed by atoms with Crippen LogP contribution in [0, 0.1) is 12.8 Å². The summed E-state index contributed by atoms with van der Waals surface area (Å²) in [5, 5.41) is 5.51. The fourth-order valence-corrected chi connectivity index (χ4v) is 2.98. The molecule has 1 fully saturated rings. The zero-order chi connectivity index (χ0) is 13.1. The van der Waals surface area contributed by atoms with E-state index in [1.807, 2.05) is 0 Å². The molecule has 2 heterocycles. The fourth-order valence-electron chi connectivity index (χ4n) is 2.01. The summed E-state index contributed by atoms with van der Waals surface area (Å²) in [5.74, 6) is 1.80. The molecule has 102 valence electrons. The zero-order valence-corrected chi connectivity index (χ0v) is 12.0. The highest BCUT2D eigenvalue weighted by molar-refractivity contribution is 7.18. The molecule has 3 rings (SSSR count). The third-order valence-corrected chi connectivity index (χ3v) is 4.43. The number of nitrogens with zero attached hydrogens (tertiary/aromatic N) is 2. The molecule has 4 nitrogen and oxygen atoms in total. The molecule has 2 aromatic heterocycles. The number of nitrogens with one attached hydrogen (secondary N) is 1. The van der Waals surface area contributed by atoms with E-state index in [1.54, 1.807) is 17.7 Å². The van der Waals surface area contributed by atoms with Crippen molar-refractivity contribution in [2.45, 2.75) is 26.2 Å². The molecule has 0 spiro atoms. The van der Waals surface area contributed by atoms with Crippen molar-refractivity contribution in [3.63, 3.8) is 0 Å². The lowest BCUT2D eigenvalue weighted by molar-refractivity contribution is 0.124. The molecule has 0 aliphatic heterocycles. The Kier molecular flexibility index (Phi) is 3.94. The molecule has 0 atom stereocenters. The van der Waals surface area contributed by atoms with Crippen LogP contribution in [0.1, 0.15) is 24.8 Å². The molecule has 1 aliphatic rings. The Bertz CT molecular complexity index is 551. The lowest BCUT2D eigenvalue weighted by Crippen LogP contribution is -2.08. The summed E-state index contributed by atoms with van der Waals surface area (Å²) in [5.41, 5.74) is 2.28. The molecular weight excluding hydrogens is 258 g/mol. The van der Waals surface area contributed by atoms with Crippen molar-refractivity contribution in [2.75, 3.05) is 25.1 Å². The van der Waals surface area contributed by atoms with E-state index in [2.05, 4.69) is 27.6 Å². The second kappa shape index (κ2) is 5.84. The summed E-state index contributed by atoms with van der Waals surface area (Å²) < 4.78 is 6.77. The van der Waals surface area contributed by atoms with E-state index < -0.39 is 0 Å². The van der Waals surface area contributed by atoms with Crippen LogP contribution in [0.5, 0.6) is 0 Å². The summed E-state index contributed by atoms with van der Waals surface area (Å²) in [6.45, 7) is 4.76. The lowest BCUT2D eigenvalue weighted by Gasteiger charge is -2.06. The van der Waals surface area contributed by atoms with E-state index in [0.717, 1.165) is 48.1 Å². The zero-order valence-electron chi connectivity index (χ0n) is 11.2. The van der Waals surface area contributed by atoms with Gasteiger partial charge in [-0.25, -0.2) is 9.97 Å². The Labute approximate surface area is 117 Å². The van der Waals surface area contributed by atoms with Gasteiger partial charge in [0.1, 0.15) is 12.1 Å². The summed E-state index contributed by atoms with van der Waals surface area (Å²) in [6.07, 6.45) is 5.36. The standard InChI is InChI=1S/C14H19N3OS/c1-10-8-19-13-12(10)16-9-17-14(13)15-5-2-6-18-7-11-3-4-11/h8-9,11H,2-7H2,1H3,(H,15,16,17). The van der Waals surface area contributed by atoms with Gasteiger partial charge in [-0.15, -0.1) is 11.3 Å². The second-order valence-electron chi connectivity index (χ2n) is 5.12. The van der Waals surface area contributed by atoms with Crippen molar-refractivity contribution in [2.24, 2.45) is 5.92 Å². The predicted octanol–water partition coefficient (Wildman–Crippen LogP) is 3.23. The van der Waals surface area contributed by atoms with Crippen molar-refractivity contribution >= 4 is 27.4 Å². The summed E-state index contributed by atoms with van der Waals surface area (Å²) in [4.78, 5) is 8.64. The average Bonchev–Trinajstić information content (AvgIpc) is 3.17. The highest BCUT2D eigenvalue weighted by Gasteiger charge is 2.20. The normalized spacial score (nSPS) is 15.0. The lowest BCUT2D eigenvalue weighted by atomic mass is 10.3. The minimum absolute atomic E-state index is 0.835. The van der Waals surface area contributed by atoms with E-state index in [0.29, 0.717) is 0 Å². The molecule has 19 heavy (non-hydrogen) atoms. The molecule has 0 radical (unpaired) electrons. The SMILES string of the molecule is Cc1csc2c(NCCCOCC3CC3)ncnc12. The summed E-state index contributed by atoms with van der Waals surface area (Å²) in [6, 6.07) is 0. The van der Waals surface area contributed by atoms with Gasteiger partial charge in [0, 0.05) is 19.8 Å². The molecule has 0 bridgehead atoms. The van der Waals surface area contributed by atoms with Crippen molar-refractivity contribution in [1.82, 2.24) is 9.97 Å². The molecule has 0 amide bonds. The van der Waals surface area contributed by atoms with Crippen molar-refractivity contribution in [3.05, 3.63) is 17.3 Å². The number of hydrogen-bond donors (Lipinski definition) is 1. The van der Waals surface area contributed by atoms with E-state index in [1.165, 1.54) is 18.4 Å². The summed E-state index contributed by atoms with van der Waals surface area (Å²) >= 11 is 1.70. The van der Waals surface area contributed by atoms with Gasteiger partial charge in [-0.3, -0.25) is 0 Å². The van der Waals surface area contributed by atoms with Gasteiger partial charge in [0.25, 0.3) is 0 Å². The quantitative estimate of drug-likeness (QED) is 0.789. The Morgan fingerprint density at radius 3 is 3.16 bits per heavy atom. The molecule has 0 aromatic carbocycles. The van der Waals surface area contributed by atoms with Crippen LogP contribution in [0.25, 0.3) is 10.2 Å². The van der Waals surface area contributed by atoms with Crippen LogP contribution in [0.3, 0.4) is 0 Å². The Hall–Kier alpha value is -1.20. The number of aryl methyl sites for hydroxylation is 1. The molecule has 0 unspecified atom stereocenters. The first-order valence-electron chi connectivity index (χ1n) is 6.85. The van der Waals surface area contributed by atoms with Crippen molar-refractivity contribution in [3.8, 4) is 0 Å². The Morgan fingerprint density at radius 2 is 2.32 bits per heavy atom. The molecule has 2 aromatic rings. The van der Waals surface area contributed by atoms with Crippen LogP contribution in [0.2, 0.25) is 0 Å². The summed E-state index contributed by atoms with van der Waals surface area (Å²) in [7, 11) is 0. The average molecular weight is 277 g/mol. The number of thiophene rings is 1. The minimum Gasteiger partial charge on any atom is -0.381 e. The van der Waals surface area contributed by atoms with Crippen LogP contribution in [0.15, 0.2) is 11.7 Å². The maximum atomic E-state index is 5.62. The number of aromatic nitrogens is 2. The van der Waals surface area contributed by atoms with Crippen LogP contribution in [0.4, 0.5) is 5.82 Å². The number of fused-ring (bicyclic) bond motifs is 1. The van der Waals surface area contributed by atoms with Crippen LogP contribution in [-0.2, 0) is 4.74 Å². The van der Waals surface area contributed by atoms with Gasteiger partial charge < -0.3 is 10.1 Å². The van der Waals surface area contributed by atoms with Gasteiger partial charge in [0.05, 0.1) is 10.2 Å². The van der Waals surface area contributed by atoms with Gasteiger partial charge in [-0.1, -0.05) is 0 Å². The topological polar surface area (TPSA) is 47.0 Å². The maximum Gasteiger partial charge on any atom is 0.147 e.